The molecule has 23 heavy (non-hydrogen) atoms. The van der Waals surface area contributed by atoms with E-state index in [9.17, 15) is 4.79 Å². The maximum Gasteiger partial charge on any atom is 0.261 e. The second-order valence-corrected chi connectivity index (χ2v) is 5.72. The second-order valence-electron chi connectivity index (χ2n) is 5.72. The topological polar surface area (TPSA) is 85.0 Å². The summed E-state index contributed by atoms with van der Waals surface area (Å²) in [6, 6.07) is 1.73. The molecule has 2 N–H and O–H groups in total. The molecule has 0 saturated carbocycles. The van der Waals surface area contributed by atoms with Gasteiger partial charge in [0.25, 0.3) is 5.91 Å². The lowest BCUT2D eigenvalue weighted by Crippen LogP contribution is -2.27. The summed E-state index contributed by atoms with van der Waals surface area (Å²) in [5.74, 6) is 2.74. The van der Waals surface area contributed by atoms with Crippen molar-refractivity contribution in [3.63, 3.8) is 0 Å². The number of carbonyl (C=O) groups is 1. The average molecular weight is 340 g/mol. The Morgan fingerprint density at radius 1 is 1.39 bits per heavy atom. The van der Waals surface area contributed by atoms with Gasteiger partial charge in [-0.3, -0.25) is 10.1 Å². The van der Waals surface area contributed by atoms with E-state index >= 15 is 0 Å². The van der Waals surface area contributed by atoms with Gasteiger partial charge in [0.1, 0.15) is 11.5 Å². The number of nitrogens with zero attached hydrogens (tertiary/aromatic N) is 3. The van der Waals surface area contributed by atoms with Gasteiger partial charge >= 0.3 is 0 Å². The molecule has 0 radical (unpaired) electrons. The molecule has 1 aliphatic rings. The van der Waals surface area contributed by atoms with Gasteiger partial charge in [-0.05, 0) is 45.8 Å². The fourth-order valence-electron chi connectivity index (χ4n) is 2.79. The van der Waals surface area contributed by atoms with Crippen molar-refractivity contribution in [2.45, 2.75) is 32.6 Å². The number of aromatic nitrogens is 3. The third-order valence-electron chi connectivity index (χ3n) is 3.99. The molecule has 0 aromatic carbocycles. The van der Waals surface area contributed by atoms with Crippen molar-refractivity contribution in [2.75, 3.05) is 18.4 Å². The summed E-state index contributed by atoms with van der Waals surface area (Å²) in [5.41, 5.74) is 0.531. The second kappa shape index (κ2) is 7.14. The van der Waals surface area contributed by atoms with Crippen molar-refractivity contribution in [3.05, 3.63) is 29.0 Å². The zero-order valence-electron chi connectivity index (χ0n) is 13.5. The van der Waals surface area contributed by atoms with Crippen molar-refractivity contribution in [1.82, 2.24) is 20.1 Å². The highest BCUT2D eigenvalue weighted by Crippen LogP contribution is 2.23. The van der Waals surface area contributed by atoms with E-state index < -0.39 is 0 Å². The molecule has 0 atom stereocenters. The summed E-state index contributed by atoms with van der Waals surface area (Å²) in [6.45, 7) is 5.57. The van der Waals surface area contributed by atoms with Crippen LogP contribution in [0.4, 0.5) is 5.95 Å². The molecule has 0 bridgehead atoms. The number of nitrogens with one attached hydrogen (secondary N) is 2. The summed E-state index contributed by atoms with van der Waals surface area (Å²) in [6.07, 6.45) is 2.05. The minimum Gasteiger partial charge on any atom is -0.466 e. The molecule has 7 nitrogen and oxygen atoms in total. The molecule has 126 valence electrons. The number of carbonyl (C=O) groups excluding carboxylic acids is 1. The Balaban J connectivity index is 0.00000192. The van der Waals surface area contributed by atoms with E-state index in [0.29, 0.717) is 23.2 Å². The highest BCUT2D eigenvalue weighted by Gasteiger charge is 2.22. The maximum atomic E-state index is 12.3. The van der Waals surface area contributed by atoms with Gasteiger partial charge in [0.2, 0.25) is 5.95 Å². The van der Waals surface area contributed by atoms with Gasteiger partial charge in [-0.25, -0.2) is 4.68 Å². The van der Waals surface area contributed by atoms with E-state index in [2.05, 4.69) is 20.7 Å². The Labute approximate surface area is 141 Å². The van der Waals surface area contributed by atoms with Gasteiger partial charge in [0.05, 0.1) is 5.56 Å². The number of amides is 1. The van der Waals surface area contributed by atoms with E-state index in [1.54, 1.807) is 24.7 Å². The first-order valence-corrected chi connectivity index (χ1v) is 7.54. The lowest BCUT2D eigenvalue weighted by Gasteiger charge is -2.19. The van der Waals surface area contributed by atoms with Gasteiger partial charge in [0.15, 0.2) is 5.82 Å². The fraction of sp³-hybridized carbons (Fsp3) is 0.533. The predicted molar refractivity (Wildman–Crippen MR) is 89.2 cm³/mol. The Kier molecular flexibility index (Phi) is 5.43. The van der Waals surface area contributed by atoms with E-state index in [0.717, 1.165) is 37.5 Å². The summed E-state index contributed by atoms with van der Waals surface area (Å²) in [7, 11) is 1.79. The molecule has 8 heteroatoms. The maximum absolute atomic E-state index is 12.3. The molecule has 2 aromatic heterocycles. The SMILES string of the molecule is Cc1cc(C(=O)Nc2nc(C3CCNCC3)nn2C)c(C)o1.Cl. The van der Waals surface area contributed by atoms with Crippen LogP contribution < -0.4 is 10.6 Å². The highest BCUT2D eigenvalue weighted by atomic mass is 35.5. The van der Waals surface area contributed by atoms with Crippen LogP contribution in [0, 0.1) is 13.8 Å². The van der Waals surface area contributed by atoms with Gasteiger partial charge in [-0.15, -0.1) is 12.4 Å². The van der Waals surface area contributed by atoms with Gasteiger partial charge in [0, 0.05) is 13.0 Å². The van der Waals surface area contributed by atoms with E-state index in [1.165, 1.54) is 0 Å². The third-order valence-corrected chi connectivity index (χ3v) is 3.99. The summed E-state index contributed by atoms with van der Waals surface area (Å²) in [5, 5.41) is 10.6. The van der Waals surface area contributed by atoms with Crippen LogP contribution in [0.15, 0.2) is 10.5 Å². The van der Waals surface area contributed by atoms with Gasteiger partial charge in [-0.1, -0.05) is 0 Å². The minimum absolute atomic E-state index is 0. The lowest BCUT2D eigenvalue weighted by molar-refractivity contribution is 0.102. The highest BCUT2D eigenvalue weighted by molar-refractivity contribution is 6.04. The smallest absolute Gasteiger partial charge is 0.261 e. The number of hydrogen-bond acceptors (Lipinski definition) is 5. The van der Waals surface area contributed by atoms with Crippen LogP contribution in [0.25, 0.3) is 0 Å². The molecule has 3 heterocycles. The fourth-order valence-corrected chi connectivity index (χ4v) is 2.79. The van der Waals surface area contributed by atoms with E-state index in [1.807, 2.05) is 6.92 Å². The molecule has 0 aliphatic carbocycles. The Morgan fingerprint density at radius 3 is 2.70 bits per heavy atom. The van der Waals surface area contributed by atoms with Crippen molar-refractivity contribution in [1.29, 1.82) is 0 Å². The van der Waals surface area contributed by atoms with Crippen molar-refractivity contribution < 1.29 is 9.21 Å². The third kappa shape index (κ3) is 3.73. The number of hydrogen-bond donors (Lipinski definition) is 2. The Morgan fingerprint density at radius 2 is 2.09 bits per heavy atom. The molecule has 1 aliphatic heterocycles. The number of aryl methyl sites for hydroxylation is 3. The summed E-state index contributed by atoms with van der Waals surface area (Å²) in [4.78, 5) is 16.8. The van der Waals surface area contributed by atoms with Crippen LogP contribution in [0.3, 0.4) is 0 Å². The van der Waals surface area contributed by atoms with E-state index in [-0.39, 0.29) is 18.3 Å². The first-order valence-electron chi connectivity index (χ1n) is 7.54. The quantitative estimate of drug-likeness (QED) is 0.895. The van der Waals surface area contributed by atoms with Crippen molar-refractivity contribution in [2.24, 2.45) is 7.05 Å². The molecular weight excluding hydrogens is 318 g/mol. The number of anilines is 1. The molecular formula is C15H22ClN5O2. The number of rotatable bonds is 3. The molecule has 1 fully saturated rings. The largest absolute Gasteiger partial charge is 0.466 e. The molecule has 2 aromatic rings. The average Bonchev–Trinajstić information content (AvgIpc) is 3.03. The lowest BCUT2D eigenvalue weighted by atomic mass is 9.98. The zero-order valence-corrected chi connectivity index (χ0v) is 14.4. The molecule has 3 rings (SSSR count). The Hall–Kier alpha value is -1.86. The molecule has 1 saturated heterocycles. The number of halogens is 1. The summed E-state index contributed by atoms with van der Waals surface area (Å²) < 4.78 is 7.02. The number of furan rings is 1. The van der Waals surface area contributed by atoms with E-state index in [4.69, 9.17) is 4.42 Å². The molecule has 0 spiro atoms. The Bertz CT molecular complexity index is 688. The molecule has 1 amide bonds. The van der Waals surface area contributed by atoms with Gasteiger partial charge in [-0.2, -0.15) is 10.1 Å². The summed E-state index contributed by atoms with van der Waals surface area (Å²) >= 11 is 0. The monoisotopic (exact) mass is 339 g/mol. The van der Waals surface area contributed by atoms with Crippen LogP contribution in [0.2, 0.25) is 0 Å². The zero-order chi connectivity index (χ0) is 15.7. The van der Waals surface area contributed by atoms with Crippen molar-refractivity contribution >= 4 is 24.3 Å². The van der Waals surface area contributed by atoms with Crippen LogP contribution in [-0.4, -0.2) is 33.8 Å². The van der Waals surface area contributed by atoms with Crippen LogP contribution in [0.1, 0.15) is 46.5 Å². The minimum atomic E-state index is -0.221. The van der Waals surface area contributed by atoms with Crippen LogP contribution in [-0.2, 0) is 7.05 Å². The van der Waals surface area contributed by atoms with Crippen LogP contribution >= 0.6 is 12.4 Å². The first kappa shape index (κ1) is 17.5. The molecule has 0 unspecified atom stereocenters. The van der Waals surface area contributed by atoms with Crippen LogP contribution in [0.5, 0.6) is 0 Å². The van der Waals surface area contributed by atoms with Gasteiger partial charge < -0.3 is 9.73 Å². The number of piperidine rings is 1. The standard InChI is InChI=1S/C15H21N5O2.ClH/c1-9-8-12(10(2)22-9)14(21)18-15-17-13(19-20(15)3)11-4-6-16-7-5-11;/h8,11,16H,4-7H2,1-3H3,(H,17,18,19,21);1H. The normalized spacial score (nSPS) is 15.3. The van der Waals surface area contributed by atoms with Crippen molar-refractivity contribution in [3.8, 4) is 0 Å². The predicted octanol–water partition coefficient (Wildman–Crippen LogP) is 2.17. The first-order chi connectivity index (χ1) is 10.5.